The first-order valence-electron chi connectivity index (χ1n) is 4.48. The topological polar surface area (TPSA) is 51.8 Å². The van der Waals surface area contributed by atoms with Gasteiger partial charge in [-0.15, -0.1) is 0 Å². The van der Waals surface area contributed by atoms with Crippen molar-refractivity contribution in [2.24, 2.45) is 0 Å². The summed E-state index contributed by atoms with van der Waals surface area (Å²) in [5.74, 6) is 2.18. The second-order valence-electron chi connectivity index (χ2n) is 2.97. The van der Waals surface area contributed by atoms with Gasteiger partial charge in [0.15, 0.2) is 0 Å². The molecular weight excluding hydrogens is 262 g/mol. The molecule has 2 N–H and O–H groups in total. The number of aromatic nitrogens is 2. The molecule has 0 bridgehead atoms. The Labute approximate surface area is 97.0 Å². The summed E-state index contributed by atoms with van der Waals surface area (Å²) in [5, 5.41) is 0. The van der Waals surface area contributed by atoms with Crippen molar-refractivity contribution in [1.82, 2.24) is 9.97 Å². The number of anilines is 1. The van der Waals surface area contributed by atoms with E-state index in [1.807, 2.05) is 6.26 Å². The maximum Gasteiger partial charge on any atom is 0.141 e. The second-order valence-corrected chi connectivity index (χ2v) is 4.63. The molecule has 5 heteroatoms. The smallest absolute Gasteiger partial charge is 0.141 e. The maximum absolute atomic E-state index is 5.77. The van der Waals surface area contributed by atoms with Crippen molar-refractivity contribution >= 4 is 33.5 Å². The third-order valence-corrected chi connectivity index (χ3v) is 3.16. The van der Waals surface area contributed by atoms with Crippen LogP contribution in [0.1, 0.15) is 24.9 Å². The second kappa shape index (κ2) is 5.56. The maximum atomic E-state index is 5.77. The quantitative estimate of drug-likeness (QED) is 0.918. The lowest BCUT2D eigenvalue weighted by Crippen LogP contribution is -2.04. The Bertz CT molecular complexity index is 317. The third kappa shape index (κ3) is 2.85. The highest BCUT2D eigenvalue weighted by Gasteiger charge is 2.08. The molecule has 0 saturated carbocycles. The highest BCUT2D eigenvalue weighted by atomic mass is 79.9. The highest BCUT2D eigenvalue weighted by Crippen LogP contribution is 2.22. The van der Waals surface area contributed by atoms with Crippen molar-refractivity contribution in [3.8, 4) is 0 Å². The van der Waals surface area contributed by atoms with Crippen LogP contribution in [0.3, 0.4) is 0 Å². The van der Waals surface area contributed by atoms with Gasteiger partial charge in [0.2, 0.25) is 0 Å². The predicted octanol–water partition coefficient (Wildman–Crippen LogP) is 2.64. The molecule has 0 aromatic carbocycles. The lowest BCUT2D eigenvalue weighted by atomic mass is 10.2. The number of thioether (sulfide) groups is 1. The molecule has 0 spiro atoms. The van der Waals surface area contributed by atoms with Gasteiger partial charge in [0.05, 0.1) is 15.9 Å². The van der Waals surface area contributed by atoms with Crippen molar-refractivity contribution in [3.05, 3.63) is 16.0 Å². The Balaban J connectivity index is 3.01. The molecule has 0 radical (unpaired) electrons. The molecule has 0 atom stereocenters. The lowest BCUT2D eigenvalue weighted by Gasteiger charge is -2.07. The fourth-order valence-corrected chi connectivity index (χ4v) is 1.92. The molecule has 0 saturated heterocycles. The van der Waals surface area contributed by atoms with Gasteiger partial charge >= 0.3 is 0 Å². The first-order chi connectivity index (χ1) is 6.69. The number of rotatable bonds is 4. The van der Waals surface area contributed by atoms with E-state index in [2.05, 4.69) is 32.8 Å². The third-order valence-electron chi connectivity index (χ3n) is 1.75. The first kappa shape index (κ1) is 11.8. The number of nitrogen functional groups attached to an aromatic ring is 1. The van der Waals surface area contributed by atoms with E-state index in [1.165, 1.54) is 0 Å². The van der Waals surface area contributed by atoms with Gasteiger partial charge in [-0.25, -0.2) is 9.97 Å². The van der Waals surface area contributed by atoms with Gasteiger partial charge in [0, 0.05) is 0 Å². The number of hydrogen-bond acceptors (Lipinski definition) is 4. The molecule has 0 aliphatic rings. The molecule has 1 aromatic heterocycles. The summed E-state index contributed by atoms with van der Waals surface area (Å²) in [6, 6.07) is 0. The molecule has 0 aliphatic carbocycles. The number of halogens is 1. The summed E-state index contributed by atoms with van der Waals surface area (Å²) in [7, 11) is 0. The normalized spacial score (nSPS) is 10.5. The average Bonchev–Trinajstić information content (AvgIpc) is 2.14. The summed E-state index contributed by atoms with van der Waals surface area (Å²) < 4.78 is 0.851. The zero-order valence-corrected chi connectivity index (χ0v) is 10.8. The SMILES string of the molecule is CCCc1nc(CSC)nc(N)c1Br. The minimum absolute atomic E-state index is 0.549. The molecule has 3 nitrogen and oxygen atoms in total. The molecule has 0 unspecified atom stereocenters. The standard InChI is InChI=1S/C9H14BrN3S/c1-3-4-6-8(10)9(11)13-7(12-6)5-14-2/h3-5H2,1-2H3,(H2,11,12,13). The fraction of sp³-hybridized carbons (Fsp3) is 0.556. The summed E-state index contributed by atoms with van der Waals surface area (Å²) >= 11 is 5.11. The van der Waals surface area contributed by atoms with Crippen LogP contribution in [0, 0.1) is 0 Å². The molecule has 14 heavy (non-hydrogen) atoms. The molecule has 1 aromatic rings. The lowest BCUT2D eigenvalue weighted by molar-refractivity contribution is 0.849. The van der Waals surface area contributed by atoms with Crippen LogP contribution in [0.2, 0.25) is 0 Å². The minimum atomic E-state index is 0.549. The van der Waals surface area contributed by atoms with Crippen molar-refractivity contribution in [2.75, 3.05) is 12.0 Å². The van der Waals surface area contributed by atoms with Crippen molar-refractivity contribution < 1.29 is 0 Å². The van der Waals surface area contributed by atoms with Gasteiger partial charge in [-0.2, -0.15) is 11.8 Å². The Kier molecular flexibility index (Phi) is 4.68. The van der Waals surface area contributed by atoms with Crippen LogP contribution in [-0.2, 0) is 12.2 Å². The van der Waals surface area contributed by atoms with Gasteiger partial charge in [-0.1, -0.05) is 13.3 Å². The van der Waals surface area contributed by atoms with Gasteiger partial charge in [0.25, 0.3) is 0 Å². The van der Waals surface area contributed by atoms with Crippen LogP contribution in [0.15, 0.2) is 4.47 Å². The Morgan fingerprint density at radius 1 is 1.43 bits per heavy atom. The summed E-state index contributed by atoms with van der Waals surface area (Å²) in [6.45, 7) is 2.12. The number of aryl methyl sites for hydroxylation is 1. The molecule has 1 rings (SSSR count). The van der Waals surface area contributed by atoms with E-state index in [0.29, 0.717) is 5.82 Å². The van der Waals surface area contributed by atoms with Crippen LogP contribution in [-0.4, -0.2) is 16.2 Å². The predicted molar refractivity (Wildman–Crippen MR) is 65.4 cm³/mol. The zero-order chi connectivity index (χ0) is 10.6. The summed E-state index contributed by atoms with van der Waals surface area (Å²) in [5.41, 5.74) is 6.79. The van der Waals surface area contributed by atoms with Crippen LogP contribution >= 0.6 is 27.7 Å². The summed E-state index contributed by atoms with van der Waals surface area (Å²) in [6.07, 6.45) is 4.03. The van der Waals surface area contributed by atoms with E-state index in [1.54, 1.807) is 11.8 Å². The van der Waals surface area contributed by atoms with Crippen molar-refractivity contribution in [3.63, 3.8) is 0 Å². The van der Waals surface area contributed by atoms with Crippen LogP contribution < -0.4 is 5.73 Å². The average molecular weight is 276 g/mol. The monoisotopic (exact) mass is 275 g/mol. The highest BCUT2D eigenvalue weighted by molar-refractivity contribution is 9.10. The number of nitrogens with zero attached hydrogens (tertiary/aromatic N) is 2. The van der Waals surface area contributed by atoms with Gasteiger partial charge < -0.3 is 5.73 Å². The molecular formula is C9H14BrN3S. The van der Waals surface area contributed by atoms with Gasteiger partial charge in [-0.3, -0.25) is 0 Å². The van der Waals surface area contributed by atoms with E-state index in [9.17, 15) is 0 Å². The van der Waals surface area contributed by atoms with Crippen molar-refractivity contribution in [1.29, 1.82) is 0 Å². The van der Waals surface area contributed by atoms with E-state index >= 15 is 0 Å². The number of nitrogens with two attached hydrogens (primary N) is 1. The Morgan fingerprint density at radius 2 is 2.14 bits per heavy atom. The van der Waals surface area contributed by atoms with Crippen LogP contribution in [0.5, 0.6) is 0 Å². The minimum Gasteiger partial charge on any atom is -0.383 e. The first-order valence-corrected chi connectivity index (χ1v) is 6.67. The molecule has 0 amide bonds. The van der Waals surface area contributed by atoms with E-state index in [-0.39, 0.29) is 0 Å². The summed E-state index contributed by atoms with van der Waals surface area (Å²) in [4.78, 5) is 8.66. The number of hydrogen-bond donors (Lipinski definition) is 1. The van der Waals surface area contributed by atoms with Crippen molar-refractivity contribution in [2.45, 2.75) is 25.5 Å². The molecule has 78 valence electrons. The van der Waals surface area contributed by atoms with E-state index < -0.39 is 0 Å². The molecule has 1 heterocycles. The van der Waals surface area contributed by atoms with Gasteiger partial charge in [0.1, 0.15) is 11.6 Å². The van der Waals surface area contributed by atoms with E-state index in [4.69, 9.17) is 5.73 Å². The van der Waals surface area contributed by atoms with Gasteiger partial charge in [-0.05, 0) is 28.6 Å². The largest absolute Gasteiger partial charge is 0.383 e. The Morgan fingerprint density at radius 3 is 2.71 bits per heavy atom. The molecule has 0 fully saturated rings. The molecule has 0 aliphatic heterocycles. The fourth-order valence-electron chi connectivity index (χ4n) is 1.16. The van der Waals surface area contributed by atoms with Crippen LogP contribution in [0.25, 0.3) is 0 Å². The van der Waals surface area contributed by atoms with E-state index in [0.717, 1.165) is 34.6 Å². The zero-order valence-electron chi connectivity index (χ0n) is 8.38. The van der Waals surface area contributed by atoms with Crippen LogP contribution in [0.4, 0.5) is 5.82 Å². The Hall–Kier alpha value is -0.290.